The normalized spacial score (nSPS) is 25.1. The topological polar surface area (TPSA) is 32.8 Å². The van der Waals surface area contributed by atoms with Crippen LogP contribution in [-0.2, 0) is 4.74 Å². The number of benzene rings is 2. The zero-order valence-electron chi connectivity index (χ0n) is 16.6. The van der Waals surface area contributed by atoms with Crippen LogP contribution < -0.4 is 0 Å². The number of carbonyl (C=O) groups is 1. The maximum atomic E-state index is 12.1. The molecule has 0 aromatic heterocycles. The minimum Gasteiger partial charge on any atom is -0.449 e. The van der Waals surface area contributed by atoms with Gasteiger partial charge in [0.1, 0.15) is 0 Å². The van der Waals surface area contributed by atoms with Crippen LogP contribution >= 0.6 is 0 Å². The van der Waals surface area contributed by atoms with Gasteiger partial charge in [-0.3, -0.25) is 0 Å². The summed E-state index contributed by atoms with van der Waals surface area (Å²) in [7, 11) is 7.72. The van der Waals surface area contributed by atoms with Crippen LogP contribution in [0, 0.1) is 11.8 Å². The van der Waals surface area contributed by atoms with Gasteiger partial charge in [-0.1, -0.05) is 48.5 Å². The summed E-state index contributed by atoms with van der Waals surface area (Å²) in [6, 6.07) is 17.6. The van der Waals surface area contributed by atoms with Crippen molar-refractivity contribution >= 4 is 6.09 Å². The Bertz CT molecular complexity index is 798. The predicted molar refractivity (Wildman–Crippen MR) is 107 cm³/mol. The zero-order valence-corrected chi connectivity index (χ0v) is 16.6. The number of nitrogens with zero attached hydrogens (tertiary/aromatic N) is 2. The largest absolute Gasteiger partial charge is 0.449 e. The Morgan fingerprint density at radius 1 is 0.815 bits per heavy atom. The summed E-state index contributed by atoms with van der Waals surface area (Å²) in [6.45, 7) is 1.44. The van der Waals surface area contributed by atoms with Crippen LogP contribution in [-0.4, -0.2) is 57.2 Å². The Labute approximate surface area is 161 Å². The molecule has 3 aliphatic carbocycles. The molecule has 4 nitrogen and oxygen atoms in total. The van der Waals surface area contributed by atoms with Gasteiger partial charge in [-0.25, -0.2) is 4.79 Å². The fourth-order valence-corrected chi connectivity index (χ4v) is 5.09. The smallest absolute Gasteiger partial charge is 0.409 e. The van der Waals surface area contributed by atoms with Gasteiger partial charge in [-0.15, -0.1) is 0 Å². The zero-order chi connectivity index (χ0) is 19.1. The van der Waals surface area contributed by atoms with Crippen molar-refractivity contribution in [3.8, 4) is 0 Å². The van der Waals surface area contributed by atoms with Crippen LogP contribution in [0.2, 0.25) is 0 Å². The third-order valence-corrected chi connectivity index (χ3v) is 6.08. The van der Waals surface area contributed by atoms with Crippen LogP contribution in [0.3, 0.4) is 0 Å². The number of carbonyl (C=O) groups excluding carboxylic acids is 1. The van der Waals surface area contributed by atoms with Crippen molar-refractivity contribution in [2.45, 2.75) is 11.8 Å². The van der Waals surface area contributed by atoms with Gasteiger partial charge in [-0.05, 0) is 42.3 Å². The molecular formula is C23H28N2O2. The van der Waals surface area contributed by atoms with Gasteiger partial charge >= 0.3 is 6.09 Å². The van der Waals surface area contributed by atoms with Gasteiger partial charge in [0.25, 0.3) is 0 Å². The van der Waals surface area contributed by atoms with E-state index in [2.05, 4.69) is 67.5 Å². The first-order chi connectivity index (χ1) is 13.0. The second-order valence-corrected chi connectivity index (χ2v) is 8.27. The monoisotopic (exact) mass is 364 g/mol. The van der Waals surface area contributed by atoms with Crippen LogP contribution in [0.1, 0.15) is 34.1 Å². The first kappa shape index (κ1) is 18.1. The van der Waals surface area contributed by atoms with E-state index >= 15 is 0 Å². The Hall–Kier alpha value is -2.33. The Morgan fingerprint density at radius 2 is 1.26 bits per heavy atom. The first-order valence-electron chi connectivity index (χ1n) is 9.65. The summed E-state index contributed by atoms with van der Waals surface area (Å²) in [5, 5.41) is 0. The molecule has 0 aliphatic heterocycles. The standard InChI is InChI=1S/C23H28N2O2/c1-24(2)13-19-20(14-27-23(26)25(3)4)22-17-11-7-5-9-15(17)21(19)16-10-6-8-12-18(16)22/h5-12,19-22H,13-14H2,1-4H3/t19-,20-,21?,22?/m1/s1. The summed E-state index contributed by atoms with van der Waals surface area (Å²) in [4.78, 5) is 15.9. The highest BCUT2D eigenvalue weighted by Gasteiger charge is 2.49. The van der Waals surface area contributed by atoms with Crippen LogP contribution in [0.15, 0.2) is 48.5 Å². The van der Waals surface area contributed by atoms with Gasteiger partial charge in [-0.2, -0.15) is 0 Å². The molecule has 0 radical (unpaired) electrons. The number of hydrogen-bond donors (Lipinski definition) is 0. The van der Waals surface area contributed by atoms with Crippen LogP contribution in [0.25, 0.3) is 0 Å². The SMILES string of the molecule is CN(C)C[C@H]1C2c3ccccc3C(c3ccccc32)[C@@H]1COC(=O)N(C)C. The quantitative estimate of drug-likeness (QED) is 0.828. The highest BCUT2D eigenvalue weighted by molar-refractivity contribution is 5.67. The molecule has 0 spiro atoms. The van der Waals surface area contributed by atoms with Gasteiger partial charge < -0.3 is 14.5 Å². The Balaban J connectivity index is 1.79. The molecular weight excluding hydrogens is 336 g/mol. The predicted octanol–water partition coefficient (Wildman–Crippen LogP) is 3.77. The van der Waals surface area contributed by atoms with Crippen molar-refractivity contribution in [2.24, 2.45) is 11.8 Å². The summed E-state index contributed by atoms with van der Waals surface area (Å²) >= 11 is 0. The van der Waals surface area contributed by atoms with E-state index in [-0.39, 0.29) is 17.9 Å². The van der Waals surface area contributed by atoms with E-state index in [1.54, 1.807) is 14.1 Å². The Morgan fingerprint density at radius 3 is 1.67 bits per heavy atom. The van der Waals surface area contributed by atoms with Crippen molar-refractivity contribution in [3.63, 3.8) is 0 Å². The van der Waals surface area contributed by atoms with Gasteiger partial charge in [0, 0.05) is 38.4 Å². The molecule has 2 atom stereocenters. The average molecular weight is 364 g/mol. The minimum absolute atomic E-state index is 0.262. The van der Waals surface area contributed by atoms with Crippen molar-refractivity contribution in [3.05, 3.63) is 70.8 Å². The average Bonchev–Trinajstić information content (AvgIpc) is 2.66. The fraction of sp³-hybridized carbons (Fsp3) is 0.435. The third kappa shape index (κ3) is 3.02. The highest BCUT2D eigenvalue weighted by Crippen LogP contribution is 2.58. The molecule has 3 aliphatic rings. The fourth-order valence-electron chi connectivity index (χ4n) is 5.09. The molecule has 4 heteroatoms. The molecule has 0 heterocycles. The van der Waals surface area contributed by atoms with E-state index < -0.39 is 0 Å². The van der Waals surface area contributed by atoms with E-state index in [1.807, 2.05) is 0 Å². The lowest BCUT2D eigenvalue weighted by molar-refractivity contribution is 0.0640. The molecule has 1 amide bonds. The highest BCUT2D eigenvalue weighted by atomic mass is 16.6. The van der Waals surface area contributed by atoms with Crippen LogP contribution in [0.4, 0.5) is 4.79 Å². The maximum absolute atomic E-state index is 12.1. The molecule has 5 rings (SSSR count). The molecule has 142 valence electrons. The van der Waals surface area contributed by atoms with Crippen molar-refractivity contribution in [1.29, 1.82) is 0 Å². The summed E-state index contributed by atoms with van der Waals surface area (Å²) in [5.74, 6) is 1.34. The van der Waals surface area contributed by atoms with Crippen molar-refractivity contribution in [2.75, 3.05) is 41.3 Å². The molecule has 0 N–H and O–H groups in total. The summed E-state index contributed by atoms with van der Waals surface area (Å²) in [5.41, 5.74) is 5.70. The summed E-state index contributed by atoms with van der Waals surface area (Å²) in [6.07, 6.45) is -0.262. The molecule has 27 heavy (non-hydrogen) atoms. The van der Waals surface area contributed by atoms with Crippen LogP contribution in [0.5, 0.6) is 0 Å². The molecule has 0 fully saturated rings. The van der Waals surface area contributed by atoms with E-state index in [0.29, 0.717) is 18.4 Å². The lowest BCUT2D eigenvalue weighted by atomic mass is 9.54. The summed E-state index contributed by atoms with van der Waals surface area (Å²) < 4.78 is 5.71. The molecule has 2 aromatic rings. The lowest BCUT2D eigenvalue weighted by Crippen LogP contribution is -2.46. The van der Waals surface area contributed by atoms with E-state index in [1.165, 1.54) is 27.2 Å². The second-order valence-electron chi connectivity index (χ2n) is 8.27. The van der Waals surface area contributed by atoms with Gasteiger partial charge in [0.2, 0.25) is 0 Å². The molecule has 2 bridgehead atoms. The number of ether oxygens (including phenoxy) is 1. The third-order valence-electron chi connectivity index (χ3n) is 6.08. The van der Waals surface area contributed by atoms with E-state index in [0.717, 1.165) is 6.54 Å². The van der Waals surface area contributed by atoms with Crippen molar-refractivity contribution in [1.82, 2.24) is 9.80 Å². The molecule has 0 unspecified atom stereocenters. The van der Waals surface area contributed by atoms with Crippen molar-refractivity contribution < 1.29 is 9.53 Å². The van der Waals surface area contributed by atoms with Gasteiger partial charge in [0.05, 0.1) is 6.61 Å². The number of hydrogen-bond acceptors (Lipinski definition) is 3. The lowest BCUT2D eigenvalue weighted by Gasteiger charge is -2.51. The minimum atomic E-state index is -0.262. The number of amides is 1. The first-order valence-corrected chi connectivity index (χ1v) is 9.65. The molecule has 0 saturated heterocycles. The molecule has 2 aromatic carbocycles. The number of fused-ring (bicyclic) bond motifs is 1. The second kappa shape index (κ2) is 7.01. The maximum Gasteiger partial charge on any atom is 0.409 e. The van der Waals surface area contributed by atoms with E-state index in [4.69, 9.17) is 4.74 Å². The molecule has 0 saturated carbocycles. The Kier molecular flexibility index (Phi) is 4.68. The van der Waals surface area contributed by atoms with Gasteiger partial charge in [0.15, 0.2) is 0 Å². The van der Waals surface area contributed by atoms with E-state index in [9.17, 15) is 4.79 Å². The number of rotatable bonds is 4.